The van der Waals surface area contributed by atoms with Crippen molar-refractivity contribution in [3.63, 3.8) is 0 Å². The lowest BCUT2D eigenvalue weighted by Gasteiger charge is -2.20. The number of carbonyl (C=O) groups is 1. The largest absolute Gasteiger partial charge is 0.417 e. The second-order valence-corrected chi connectivity index (χ2v) is 10.2. The first-order chi connectivity index (χ1) is 16.2. The number of aromatic nitrogens is 1. The molecule has 1 heterocycles. The Labute approximate surface area is 214 Å². The van der Waals surface area contributed by atoms with Crippen LogP contribution in [0.25, 0.3) is 0 Å². The van der Waals surface area contributed by atoms with Gasteiger partial charge in [-0.2, -0.15) is 17.9 Å². The van der Waals surface area contributed by atoms with Crippen molar-refractivity contribution in [2.45, 2.75) is 24.2 Å². The van der Waals surface area contributed by atoms with Crippen LogP contribution < -0.4 is 4.72 Å². The van der Waals surface area contributed by atoms with Gasteiger partial charge >= 0.3 is 6.18 Å². The third kappa shape index (κ3) is 6.14. The molecule has 3 aromatic rings. The van der Waals surface area contributed by atoms with Gasteiger partial charge in [-0.05, 0) is 43.3 Å². The fourth-order valence-corrected chi connectivity index (χ4v) is 4.88. The number of nitrogens with zero attached hydrogens (tertiary/aromatic N) is 1. The summed E-state index contributed by atoms with van der Waals surface area (Å²) in [7, 11) is -3.47. The van der Waals surface area contributed by atoms with Crippen LogP contribution in [0.2, 0.25) is 15.1 Å². The second kappa shape index (κ2) is 10.4. The topological polar surface area (TPSA) is 85.4 Å². The molecule has 2 aromatic carbocycles. The van der Waals surface area contributed by atoms with Crippen molar-refractivity contribution < 1.29 is 31.1 Å². The first-order valence-corrected chi connectivity index (χ1v) is 12.2. The van der Waals surface area contributed by atoms with Gasteiger partial charge in [0.2, 0.25) is 15.8 Å². The summed E-state index contributed by atoms with van der Waals surface area (Å²) in [6.45, 7) is 1.75. The fourth-order valence-electron chi connectivity index (χ4n) is 3.12. The number of hydrogen-bond acceptors (Lipinski definition) is 5. The van der Waals surface area contributed by atoms with Crippen molar-refractivity contribution in [3.8, 4) is 0 Å². The van der Waals surface area contributed by atoms with Gasteiger partial charge in [0.25, 0.3) is 0 Å². The molecule has 0 aliphatic carbocycles. The van der Waals surface area contributed by atoms with Gasteiger partial charge in [0.15, 0.2) is 0 Å². The average Bonchev–Trinajstić information content (AvgIpc) is 2.78. The van der Waals surface area contributed by atoms with Gasteiger partial charge in [-0.1, -0.05) is 46.4 Å². The Balaban J connectivity index is 2.06. The molecule has 0 bridgehead atoms. The van der Waals surface area contributed by atoms with E-state index < -0.39 is 43.7 Å². The van der Waals surface area contributed by atoms with Gasteiger partial charge in [-0.3, -0.25) is 9.78 Å². The fraction of sp³-hybridized carbons (Fsp3) is 0.182. The van der Waals surface area contributed by atoms with E-state index in [1.165, 1.54) is 24.4 Å². The maximum atomic E-state index is 13.2. The number of ketones is 1. The number of ether oxygens (including phenoxy) is 1. The Morgan fingerprint density at radius 2 is 1.71 bits per heavy atom. The molecule has 6 nitrogen and oxygen atoms in total. The summed E-state index contributed by atoms with van der Waals surface area (Å²) >= 11 is 17.8. The van der Waals surface area contributed by atoms with Crippen LogP contribution in [0, 0.1) is 6.92 Å². The van der Waals surface area contributed by atoms with Crippen LogP contribution in [0.3, 0.4) is 0 Å². The molecule has 0 aliphatic heterocycles. The zero-order valence-electron chi connectivity index (χ0n) is 18.0. The molecule has 3 rings (SSSR count). The predicted molar refractivity (Wildman–Crippen MR) is 125 cm³/mol. The summed E-state index contributed by atoms with van der Waals surface area (Å²) in [4.78, 5) is 16.5. The van der Waals surface area contributed by atoms with Crippen molar-refractivity contribution in [2.24, 2.45) is 0 Å². The number of sulfonamides is 1. The number of carbonyl (C=O) groups excluding carboxylic acids is 1. The minimum atomic E-state index is -4.88. The summed E-state index contributed by atoms with van der Waals surface area (Å²) in [5.74, 6) is -0.641. The van der Waals surface area contributed by atoms with Crippen LogP contribution >= 0.6 is 34.8 Å². The summed E-state index contributed by atoms with van der Waals surface area (Å²) in [5.41, 5.74) is -0.779. The molecule has 13 heteroatoms. The minimum Gasteiger partial charge on any atom is -0.361 e. The molecule has 186 valence electrons. The predicted octanol–water partition coefficient (Wildman–Crippen LogP) is 6.22. The quantitative estimate of drug-likeness (QED) is 0.271. The molecule has 0 fully saturated rings. The number of methoxy groups -OCH3 is 1. The van der Waals surface area contributed by atoms with Crippen LogP contribution in [0.1, 0.15) is 39.0 Å². The Morgan fingerprint density at radius 1 is 1.06 bits per heavy atom. The normalized spacial score (nSPS) is 13.0. The molecular weight excluding hydrogens is 552 g/mol. The van der Waals surface area contributed by atoms with E-state index in [9.17, 15) is 26.4 Å². The Bertz CT molecular complexity index is 1400. The van der Waals surface area contributed by atoms with E-state index in [0.29, 0.717) is 6.07 Å². The number of rotatable bonds is 7. The first kappa shape index (κ1) is 27.4. The van der Waals surface area contributed by atoms with Gasteiger partial charge in [0, 0.05) is 24.4 Å². The zero-order valence-corrected chi connectivity index (χ0v) is 21.0. The van der Waals surface area contributed by atoms with Crippen molar-refractivity contribution >= 4 is 50.6 Å². The van der Waals surface area contributed by atoms with Crippen LogP contribution in [0.15, 0.2) is 53.6 Å². The number of nitrogens with one attached hydrogen (secondary N) is 1. The molecule has 0 aliphatic rings. The van der Waals surface area contributed by atoms with Gasteiger partial charge in [0.1, 0.15) is 11.9 Å². The van der Waals surface area contributed by atoms with E-state index in [4.69, 9.17) is 39.5 Å². The van der Waals surface area contributed by atoms with E-state index in [1.807, 2.05) is 0 Å². The maximum Gasteiger partial charge on any atom is 0.417 e. The third-order valence-corrected chi connectivity index (χ3v) is 7.06. The zero-order chi connectivity index (χ0) is 26.1. The molecule has 0 saturated carbocycles. The SMILES string of the molecule is COC(NS(=O)(=O)c1ccc(Cl)c(C(F)(F)F)c1)c1cc(Cl)cnc1C(=O)c1cc(C)ccc1Cl. The van der Waals surface area contributed by atoms with E-state index in [0.717, 1.165) is 24.8 Å². The van der Waals surface area contributed by atoms with Gasteiger partial charge in [-0.25, -0.2) is 8.42 Å². The molecule has 1 atom stereocenters. The van der Waals surface area contributed by atoms with Crippen molar-refractivity contribution in [2.75, 3.05) is 7.11 Å². The maximum absolute atomic E-state index is 13.2. The lowest BCUT2D eigenvalue weighted by atomic mass is 10.0. The number of benzene rings is 2. The van der Waals surface area contributed by atoms with Gasteiger partial charge < -0.3 is 4.74 Å². The number of alkyl halides is 3. The molecule has 1 unspecified atom stereocenters. The highest BCUT2D eigenvalue weighted by Crippen LogP contribution is 2.36. The lowest BCUT2D eigenvalue weighted by Crippen LogP contribution is -2.31. The number of halogens is 6. The summed E-state index contributed by atoms with van der Waals surface area (Å²) in [5, 5.41) is -0.473. The molecule has 0 saturated heterocycles. The highest BCUT2D eigenvalue weighted by Gasteiger charge is 2.35. The minimum absolute atomic E-state index is 0.0546. The number of pyridine rings is 1. The third-order valence-electron chi connectivity index (χ3n) is 4.80. The highest BCUT2D eigenvalue weighted by atomic mass is 35.5. The Kier molecular flexibility index (Phi) is 8.15. The average molecular weight is 568 g/mol. The molecule has 0 spiro atoms. The Morgan fingerprint density at radius 3 is 2.34 bits per heavy atom. The van der Waals surface area contributed by atoms with Crippen molar-refractivity contribution in [3.05, 3.63) is 91.7 Å². The van der Waals surface area contributed by atoms with Crippen LogP contribution in [0.4, 0.5) is 13.2 Å². The smallest absolute Gasteiger partial charge is 0.361 e. The van der Waals surface area contributed by atoms with Gasteiger partial charge in [-0.15, -0.1) is 0 Å². The highest BCUT2D eigenvalue weighted by molar-refractivity contribution is 7.89. The first-order valence-electron chi connectivity index (χ1n) is 9.62. The van der Waals surface area contributed by atoms with Crippen LogP contribution in [-0.2, 0) is 20.9 Å². The van der Waals surface area contributed by atoms with Crippen molar-refractivity contribution in [1.82, 2.24) is 9.71 Å². The Hall–Kier alpha value is -2.21. The van der Waals surface area contributed by atoms with E-state index in [2.05, 4.69) is 9.71 Å². The van der Waals surface area contributed by atoms with E-state index >= 15 is 0 Å². The molecule has 0 amide bonds. The van der Waals surface area contributed by atoms with Gasteiger partial charge in [0.05, 0.1) is 25.5 Å². The second-order valence-electron chi connectivity index (χ2n) is 7.28. The van der Waals surface area contributed by atoms with Crippen LogP contribution in [0.5, 0.6) is 0 Å². The van der Waals surface area contributed by atoms with E-state index in [1.54, 1.807) is 13.0 Å². The van der Waals surface area contributed by atoms with Crippen LogP contribution in [-0.4, -0.2) is 26.3 Å². The molecule has 35 heavy (non-hydrogen) atoms. The summed E-state index contributed by atoms with van der Waals surface area (Å²) < 4.78 is 72.9. The number of hydrogen-bond donors (Lipinski definition) is 1. The monoisotopic (exact) mass is 566 g/mol. The van der Waals surface area contributed by atoms with E-state index in [-0.39, 0.29) is 26.9 Å². The molecule has 1 aromatic heterocycles. The van der Waals surface area contributed by atoms with Crippen molar-refractivity contribution in [1.29, 1.82) is 0 Å². The summed E-state index contributed by atoms with van der Waals surface area (Å²) in [6, 6.07) is 8.12. The number of aryl methyl sites for hydroxylation is 1. The molecule has 0 radical (unpaired) electrons. The molecular formula is C22H16Cl3F3N2O4S. The lowest BCUT2D eigenvalue weighted by molar-refractivity contribution is -0.137. The molecule has 1 N–H and O–H groups in total. The standard InChI is InChI=1S/C22H16Cl3F3N2O4S/c1-11-3-5-17(24)14(7-11)20(31)19-15(8-12(23)10-29-19)21(34-2)30-35(32,33)13-4-6-18(25)16(9-13)22(26,27)28/h3-10,21,30H,1-2H3. The summed E-state index contributed by atoms with van der Waals surface area (Å²) in [6.07, 6.45) is -5.25.